The van der Waals surface area contributed by atoms with E-state index >= 15 is 0 Å². The van der Waals surface area contributed by atoms with E-state index in [1.165, 1.54) is 0 Å². The molecule has 0 heterocycles. The van der Waals surface area contributed by atoms with Crippen LogP contribution in [0.2, 0.25) is 0 Å². The summed E-state index contributed by atoms with van der Waals surface area (Å²) >= 11 is 0. The van der Waals surface area contributed by atoms with Crippen molar-refractivity contribution in [2.75, 3.05) is 19.6 Å². The summed E-state index contributed by atoms with van der Waals surface area (Å²) in [6.07, 6.45) is 3.58. The second-order valence-electron chi connectivity index (χ2n) is 5.73. The fourth-order valence-electron chi connectivity index (χ4n) is 2.16. The number of amides is 3. The first-order valence-corrected chi connectivity index (χ1v) is 8.26. The number of nitrogens with one attached hydrogen (secondary N) is 2. The summed E-state index contributed by atoms with van der Waals surface area (Å²) in [7, 11) is 0. The lowest BCUT2D eigenvalue weighted by Crippen LogP contribution is -2.34. The summed E-state index contributed by atoms with van der Waals surface area (Å²) in [6, 6.07) is 0. The van der Waals surface area contributed by atoms with Crippen LogP contribution in [-0.4, -0.2) is 37.4 Å². The molecular weight excluding hydrogens is 312 g/mol. The van der Waals surface area contributed by atoms with Gasteiger partial charge < -0.3 is 16.4 Å². The number of carbonyl (C=O) groups is 3. The maximum atomic E-state index is 12.1. The van der Waals surface area contributed by atoms with Crippen molar-refractivity contribution in [3.63, 3.8) is 0 Å². The van der Waals surface area contributed by atoms with E-state index < -0.39 is 0 Å². The van der Waals surface area contributed by atoms with Gasteiger partial charge in [0, 0.05) is 29.8 Å². The molecule has 9 nitrogen and oxygen atoms in total. The van der Waals surface area contributed by atoms with Crippen LogP contribution < -0.4 is 16.4 Å². The van der Waals surface area contributed by atoms with Crippen molar-refractivity contribution in [3.8, 4) is 0 Å². The molecule has 0 fully saturated rings. The van der Waals surface area contributed by atoms with E-state index in [-0.39, 0.29) is 36.1 Å². The minimum absolute atomic E-state index is 0.0479. The molecule has 3 amide bonds. The Morgan fingerprint density at radius 3 is 2.33 bits per heavy atom. The van der Waals surface area contributed by atoms with Crippen LogP contribution in [-0.2, 0) is 14.4 Å². The van der Waals surface area contributed by atoms with Crippen molar-refractivity contribution >= 4 is 17.7 Å². The average Bonchev–Trinajstić information content (AvgIpc) is 2.56. The van der Waals surface area contributed by atoms with Crippen molar-refractivity contribution in [1.29, 1.82) is 0 Å². The molecule has 0 aliphatic heterocycles. The zero-order chi connectivity index (χ0) is 18.4. The summed E-state index contributed by atoms with van der Waals surface area (Å²) < 4.78 is 0. The summed E-state index contributed by atoms with van der Waals surface area (Å²) in [5.41, 5.74) is 13.3. The van der Waals surface area contributed by atoms with Gasteiger partial charge in [0.2, 0.25) is 17.7 Å². The number of unbranched alkanes of at least 4 members (excludes halogenated alkanes) is 2. The highest BCUT2D eigenvalue weighted by atomic mass is 16.2. The third-order valence-corrected chi connectivity index (χ3v) is 3.74. The molecule has 0 bridgehead atoms. The molecule has 24 heavy (non-hydrogen) atoms. The van der Waals surface area contributed by atoms with Gasteiger partial charge in [0.15, 0.2) is 0 Å². The first-order valence-electron chi connectivity index (χ1n) is 8.26. The monoisotopic (exact) mass is 340 g/mol. The van der Waals surface area contributed by atoms with Gasteiger partial charge in [0.25, 0.3) is 0 Å². The topological polar surface area (TPSA) is 150 Å². The molecule has 4 N–H and O–H groups in total. The Bertz CT molecular complexity index is 462. The quantitative estimate of drug-likeness (QED) is 0.200. The van der Waals surface area contributed by atoms with Gasteiger partial charge in [0.1, 0.15) is 6.54 Å². The number of hydrogen-bond acceptors (Lipinski definition) is 4. The molecule has 2 unspecified atom stereocenters. The fraction of sp³-hybridized carbons (Fsp3) is 0.800. The Morgan fingerprint density at radius 2 is 1.79 bits per heavy atom. The van der Waals surface area contributed by atoms with Gasteiger partial charge in [-0.25, -0.2) is 0 Å². The molecule has 0 spiro atoms. The highest BCUT2D eigenvalue weighted by Gasteiger charge is 2.21. The van der Waals surface area contributed by atoms with Crippen LogP contribution in [0.25, 0.3) is 10.4 Å². The van der Waals surface area contributed by atoms with Crippen LogP contribution >= 0.6 is 0 Å². The van der Waals surface area contributed by atoms with Gasteiger partial charge in [-0.2, -0.15) is 0 Å². The zero-order valence-electron chi connectivity index (χ0n) is 14.5. The summed E-state index contributed by atoms with van der Waals surface area (Å²) in [4.78, 5) is 36.8. The van der Waals surface area contributed by atoms with Crippen molar-refractivity contribution in [1.82, 2.24) is 10.6 Å². The molecule has 0 aromatic carbocycles. The second kappa shape index (κ2) is 13.2. The van der Waals surface area contributed by atoms with Crippen LogP contribution in [0.1, 0.15) is 46.0 Å². The molecule has 2 atom stereocenters. The van der Waals surface area contributed by atoms with Gasteiger partial charge in [-0.15, -0.1) is 0 Å². The fourth-order valence-corrected chi connectivity index (χ4v) is 2.16. The Morgan fingerprint density at radius 1 is 1.17 bits per heavy atom. The van der Waals surface area contributed by atoms with E-state index in [9.17, 15) is 14.4 Å². The Hall–Kier alpha value is -2.28. The lowest BCUT2D eigenvalue weighted by atomic mass is 9.92. The third-order valence-electron chi connectivity index (χ3n) is 3.74. The van der Waals surface area contributed by atoms with Crippen molar-refractivity contribution in [2.24, 2.45) is 22.7 Å². The average molecular weight is 340 g/mol. The predicted octanol–water partition coefficient (Wildman–Crippen LogP) is 1.24. The number of nitrogens with zero attached hydrogens (tertiary/aromatic N) is 3. The van der Waals surface area contributed by atoms with Crippen LogP contribution in [0.3, 0.4) is 0 Å². The molecule has 0 saturated heterocycles. The highest BCUT2D eigenvalue weighted by Crippen LogP contribution is 2.15. The molecular formula is C15H28N6O3. The Labute approximate surface area is 142 Å². The van der Waals surface area contributed by atoms with E-state index in [0.717, 1.165) is 19.3 Å². The number of hydrogen-bond donors (Lipinski definition) is 3. The molecule has 0 aliphatic carbocycles. The lowest BCUT2D eigenvalue weighted by molar-refractivity contribution is -0.127. The standard InChI is InChI=1S/C15H28N6O3/c1-3-12(9-11(2)14(16)23)15(24)19-8-6-4-5-7-18-13(22)10-20-21-17/h11-12H,3-10H2,1-2H3,(H2,16,23)(H,18,22)(H,19,24). The maximum Gasteiger partial charge on any atom is 0.225 e. The largest absolute Gasteiger partial charge is 0.369 e. The number of primary amides is 1. The van der Waals surface area contributed by atoms with Crippen molar-refractivity contribution in [2.45, 2.75) is 46.0 Å². The molecule has 0 rings (SSSR count). The molecule has 0 aromatic heterocycles. The molecule has 0 aliphatic rings. The molecule has 0 radical (unpaired) electrons. The molecule has 9 heteroatoms. The molecule has 0 saturated carbocycles. The summed E-state index contributed by atoms with van der Waals surface area (Å²) in [6.45, 7) is 4.54. The second-order valence-corrected chi connectivity index (χ2v) is 5.73. The van der Waals surface area contributed by atoms with Crippen molar-refractivity contribution in [3.05, 3.63) is 10.4 Å². The zero-order valence-corrected chi connectivity index (χ0v) is 14.5. The van der Waals surface area contributed by atoms with E-state index in [2.05, 4.69) is 20.7 Å². The van der Waals surface area contributed by atoms with E-state index in [4.69, 9.17) is 11.3 Å². The number of azide groups is 1. The van der Waals surface area contributed by atoms with Gasteiger partial charge in [0.05, 0.1) is 0 Å². The van der Waals surface area contributed by atoms with Crippen molar-refractivity contribution < 1.29 is 14.4 Å². The smallest absolute Gasteiger partial charge is 0.225 e. The van der Waals surface area contributed by atoms with Gasteiger partial charge in [-0.3, -0.25) is 14.4 Å². The summed E-state index contributed by atoms with van der Waals surface area (Å²) in [5, 5.41) is 8.68. The number of carbonyl (C=O) groups excluding carboxylic acids is 3. The SMILES string of the molecule is CCC(CC(C)C(N)=O)C(=O)NCCCCCNC(=O)CN=[N+]=[N-]. The van der Waals surface area contributed by atoms with Gasteiger partial charge >= 0.3 is 0 Å². The van der Waals surface area contributed by atoms with Crippen LogP contribution in [0, 0.1) is 11.8 Å². The van der Waals surface area contributed by atoms with Crippen LogP contribution in [0.5, 0.6) is 0 Å². The van der Waals surface area contributed by atoms with Crippen LogP contribution in [0.4, 0.5) is 0 Å². The minimum Gasteiger partial charge on any atom is -0.369 e. The maximum absolute atomic E-state index is 12.1. The van der Waals surface area contributed by atoms with E-state index in [1.54, 1.807) is 6.92 Å². The highest BCUT2D eigenvalue weighted by molar-refractivity contribution is 5.81. The predicted molar refractivity (Wildman–Crippen MR) is 90.6 cm³/mol. The van der Waals surface area contributed by atoms with E-state index in [1.807, 2.05) is 6.92 Å². The number of nitrogens with two attached hydrogens (primary N) is 1. The molecule has 0 aromatic rings. The first kappa shape index (κ1) is 21.7. The Balaban J connectivity index is 3.78. The normalized spacial score (nSPS) is 12.6. The van der Waals surface area contributed by atoms with Crippen LogP contribution in [0.15, 0.2) is 5.11 Å². The number of rotatable bonds is 13. The molecule has 136 valence electrons. The van der Waals surface area contributed by atoms with Gasteiger partial charge in [-0.05, 0) is 37.6 Å². The third kappa shape index (κ3) is 10.4. The first-order chi connectivity index (χ1) is 11.4. The van der Waals surface area contributed by atoms with Gasteiger partial charge in [-0.1, -0.05) is 19.0 Å². The lowest BCUT2D eigenvalue weighted by Gasteiger charge is -2.17. The Kier molecular flexibility index (Phi) is 11.9. The van der Waals surface area contributed by atoms with E-state index in [0.29, 0.717) is 25.9 Å². The minimum atomic E-state index is -0.385. The summed E-state index contributed by atoms with van der Waals surface area (Å²) in [5.74, 6) is -1.24.